The van der Waals surface area contributed by atoms with Crippen molar-refractivity contribution in [3.8, 4) is 11.5 Å². The number of carbonyl (C=O) groups is 1. The van der Waals surface area contributed by atoms with Crippen LogP contribution in [0.3, 0.4) is 0 Å². The summed E-state index contributed by atoms with van der Waals surface area (Å²) in [6, 6.07) is 13.2. The molecular formula is C22H18F3N5O2. The molecule has 2 N–H and O–H groups in total. The number of pyridine rings is 1. The molecule has 7 nitrogen and oxygen atoms in total. The second-order valence-corrected chi connectivity index (χ2v) is 6.90. The van der Waals surface area contributed by atoms with E-state index < -0.39 is 11.7 Å². The van der Waals surface area contributed by atoms with Crippen LogP contribution in [0, 0.1) is 0 Å². The van der Waals surface area contributed by atoms with Crippen molar-refractivity contribution < 1.29 is 22.7 Å². The van der Waals surface area contributed by atoms with Gasteiger partial charge in [0.25, 0.3) is 5.91 Å². The number of alkyl halides is 3. The monoisotopic (exact) mass is 441 g/mol. The molecule has 0 aliphatic heterocycles. The molecule has 2 aromatic carbocycles. The lowest BCUT2D eigenvalue weighted by Crippen LogP contribution is -2.18. The highest BCUT2D eigenvalue weighted by molar-refractivity contribution is 5.92. The van der Waals surface area contributed by atoms with Gasteiger partial charge in [-0.2, -0.15) is 13.2 Å². The van der Waals surface area contributed by atoms with Gasteiger partial charge in [-0.15, -0.1) is 0 Å². The molecule has 0 unspecified atom stereocenters. The Labute approximate surface area is 180 Å². The minimum absolute atomic E-state index is 0.229. The lowest BCUT2D eigenvalue weighted by atomic mass is 10.2. The Morgan fingerprint density at radius 3 is 2.44 bits per heavy atom. The van der Waals surface area contributed by atoms with E-state index in [1.807, 2.05) is 6.07 Å². The summed E-state index contributed by atoms with van der Waals surface area (Å²) in [6.07, 6.45) is -2.91. The van der Waals surface area contributed by atoms with Crippen LogP contribution in [0.25, 0.3) is 11.0 Å². The van der Waals surface area contributed by atoms with Gasteiger partial charge in [-0.25, -0.2) is 4.98 Å². The van der Waals surface area contributed by atoms with Gasteiger partial charge in [0.1, 0.15) is 17.2 Å². The molecule has 0 spiro atoms. The minimum atomic E-state index is -4.39. The number of ether oxygens (including phenoxy) is 1. The minimum Gasteiger partial charge on any atom is -0.457 e. The van der Waals surface area contributed by atoms with Crippen LogP contribution < -0.4 is 15.4 Å². The van der Waals surface area contributed by atoms with Crippen LogP contribution in [0.2, 0.25) is 0 Å². The van der Waals surface area contributed by atoms with Crippen molar-refractivity contribution in [1.29, 1.82) is 0 Å². The zero-order chi connectivity index (χ0) is 22.9. The number of nitrogens with zero attached hydrogens (tertiary/aromatic N) is 3. The maximum atomic E-state index is 12.8. The van der Waals surface area contributed by atoms with Crippen LogP contribution in [-0.2, 0) is 13.2 Å². The third kappa shape index (κ3) is 4.34. The van der Waals surface area contributed by atoms with E-state index in [0.29, 0.717) is 28.7 Å². The van der Waals surface area contributed by atoms with E-state index in [-0.39, 0.29) is 11.6 Å². The number of hydrogen-bond acceptors (Lipinski definition) is 5. The van der Waals surface area contributed by atoms with Crippen LogP contribution in [0.5, 0.6) is 11.5 Å². The maximum Gasteiger partial charge on any atom is 0.416 e. The molecule has 10 heteroatoms. The Hall–Kier alpha value is -4.08. The summed E-state index contributed by atoms with van der Waals surface area (Å²) >= 11 is 0. The number of carbonyl (C=O) groups excluding carboxylic acids is 1. The molecule has 2 heterocycles. The molecular weight excluding hydrogens is 423 g/mol. The van der Waals surface area contributed by atoms with Gasteiger partial charge in [0.05, 0.1) is 16.6 Å². The van der Waals surface area contributed by atoms with Gasteiger partial charge in [-0.3, -0.25) is 9.78 Å². The molecule has 0 saturated carbocycles. The van der Waals surface area contributed by atoms with E-state index in [2.05, 4.69) is 20.6 Å². The summed E-state index contributed by atoms with van der Waals surface area (Å²) in [5.74, 6) is 1.08. The van der Waals surface area contributed by atoms with Crippen molar-refractivity contribution in [2.75, 3.05) is 12.4 Å². The first-order valence-electron chi connectivity index (χ1n) is 9.51. The number of nitrogens with one attached hydrogen (secondary N) is 2. The third-order valence-electron chi connectivity index (χ3n) is 4.75. The Balaban J connectivity index is 1.56. The van der Waals surface area contributed by atoms with E-state index in [1.165, 1.54) is 31.4 Å². The topological polar surface area (TPSA) is 81.1 Å². The number of benzene rings is 2. The van der Waals surface area contributed by atoms with E-state index in [1.54, 1.807) is 29.8 Å². The smallest absolute Gasteiger partial charge is 0.416 e. The fourth-order valence-corrected chi connectivity index (χ4v) is 3.09. The highest BCUT2D eigenvalue weighted by Gasteiger charge is 2.30. The predicted molar refractivity (Wildman–Crippen MR) is 113 cm³/mol. The number of imidazole rings is 1. The molecule has 4 rings (SSSR count). The maximum absolute atomic E-state index is 12.8. The van der Waals surface area contributed by atoms with Crippen molar-refractivity contribution in [1.82, 2.24) is 19.9 Å². The summed E-state index contributed by atoms with van der Waals surface area (Å²) in [5.41, 5.74) is 1.41. The first-order chi connectivity index (χ1) is 15.2. The van der Waals surface area contributed by atoms with Crippen molar-refractivity contribution in [3.05, 3.63) is 72.1 Å². The van der Waals surface area contributed by atoms with Crippen LogP contribution in [0.15, 0.2) is 60.8 Å². The second kappa shape index (κ2) is 8.22. The average molecular weight is 441 g/mol. The summed E-state index contributed by atoms with van der Waals surface area (Å²) < 4.78 is 45.9. The molecule has 0 aliphatic carbocycles. The molecule has 0 bridgehead atoms. The Kier molecular flexibility index (Phi) is 5.43. The van der Waals surface area contributed by atoms with E-state index in [4.69, 9.17) is 4.74 Å². The quantitative estimate of drug-likeness (QED) is 0.461. The molecule has 32 heavy (non-hydrogen) atoms. The largest absolute Gasteiger partial charge is 0.457 e. The molecule has 0 atom stereocenters. The number of halogens is 3. The van der Waals surface area contributed by atoms with E-state index in [0.717, 1.165) is 17.6 Å². The van der Waals surface area contributed by atoms with Crippen LogP contribution >= 0.6 is 0 Å². The van der Waals surface area contributed by atoms with Crippen LogP contribution in [-0.4, -0.2) is 27.5 Å². The average Bonchev–Trinajstić information content (AvgIpc) is 3.07. The standard InChI is InChI=1S/C22H18F3N5O2/c1-26-20(31)18-12-16(9-10-27-18)32-15-7-8-19-17(11-15)29-21(30(19)2)28-14-5-3-13(4-6-14)22(23,24)25/h3-12H,1-2H3,(H,26,31)(H,28,29). The lowest BCUT2D eigenvalue weighted by Gasteiger charge is -2.09. The van der Waals surface area contributed by atoms with Gasteiger partial charge in [0, 0.05) is 38.1 Å². The molecule has 2 aromatic heterocycles. The molecule has 164 valence electrons. The van der Waals surface area contributed by atoms with Crippen LogP contribution in [0.1, 0.15) is 16.1 Å². The van der Waals surface area contributed by atoms with E-state index in [9.17, 15) is 18.0 Å². The van der Waals surface area contributed by atoms with Gasteiger partial charge in [-0.1, -0.05) is 0 Å². The number of fused-ring (bicyclic) bond motifs is 1. The Morgan fingerprint density at radius 1 is 1.03 bits per heavy atom. The highest BCUT2D eigenvalue weighted by Crippen LogP contribution is 2.31. The first-order valence-corrected chi connectivity index (χ1v) is 9.51. The fraction of sp³-hybridized carbons (Fsp3) is 0.136. The number of rotatable bonds is 5. The van der Waals surface area contributed by atoms with Crippen LogP contribution in [0.4, 0.5) is 24.8 Å². The number of anilines is 2. The lowest BCUT2D eigenvalue weighted by molar-refractivity contribution is -0.137. The van der Waals surface area contributed by atoms with E-state index >= 15 is 0 Å². The van der Waals surface area contributed by atoms with Crippen molar-refractivity contribution in [2.24, 2.45) is 7.05 Å². The van der Waals surface area contributed by atoms with Crippen molar-refractivity contribution in [3.63, 3.8) is 0 Å². The summed E-state index contributed by atoms with van der Waals surface area (Å²) in [6.45, 7) is 0. The number of amides is 1. The first kappa shape index (κ1) is 21.2. The SMILES string of the molecule is CNC(=O)c1cc(Oc2ccc3c(c2)nc(Nc2ccc(C(F)(F)F)cc2)n3C)ccn1. The molecule has 1 amide bonds. The molecule has 0 saturated heterocycles. The number of aromatic nitrogens is 3. The molecule has 4 aromatic rings. The number of hydrogen-bond donors (Lipinski definition) is 2. The summed E-state index contributed by atoms with van der Waals surface area (Å²) in [4.78, 5) is 20.3. The molecule has 0 radical (unpaired) electrons. The third-order valence-corrected chi connectivity index (χ3v) is 4.75. The summed E-state index contributed by atoms with van der Waals surface area (Å²) in [5, 5.41) is 5.53. The van der Waals surface area contributed by atoms with Gasteiger partial charge in [0.15, 0.2) is 0 Å². The number of aryl methyl sites for hydroxylation is 1. The second-order valence-electron chi connectivity index (χ2n) is 6.90. The summed E-state index contributed by atoms with van der Waals surface area (Å²) in [7, 11) is 3.31. The molecule has 0 aliphatic rings. The van der Waals surface area contributed by atoms with Gasteiger partial charge in [0.2, 0.25) is 5.95 Å². The van der Waals surface area contributed by atoms with Crippen molar-refractivity contribution >= 4 is 28.6 Å². The van der Waals surface area contributed by atoms with Crippen molar-refractivity contribution in [2.45, 2.75) is 6.18 Å². The predicted octanol–water partition coefficient (Wildman–Crippen LogP) is 4.88. The fourth-order valence-electron chi connectivity index (χ4n) is 3.09. The Morgan fingerprint density at radius 2 is 1.75 bits per heavy atom. The Bertz CT molecular complexity index is 1280. The zero-order valence-electron chi connectivity index (χ0n) is 17.1. The normalized spacial score (nSPS) is 11.4. The zero-order valence-corrected chi connectivity index (χ0v) is 17.1. The molecule has 0 fully saturated rings. The van der Waals surface area contributed by atoms with Gasteiger partial charge < -0.3 is 19.9 Å². The highest BCUT2D eigenvalue weighted by atomic mass is 19.4. The van der Waals surface area contributed by atoms with Gasteiger partial charge in [-0.05, 0) is 42.5 Å². The van der Waals surface area contributed by atoms with Gasteiger partial charge >= 0.3 is 6.18 Å².